The van der Waals surface area contributed by atoms with E-state index >= 15 is 0 Å². The van der Waals surface area contributed by atoms with Gasteiger partial charge in [0, 0.05) is 60.5 Å². The highest BCUT2D eigenvalue weighted by molar-refractivity contribution is 6.17. The van der Waals surface area contributed by atoms with Crippen LogP contribution in [0.1, 0.15) is 0 Å². The number of fused-ring (bicyclic) bond motifs is 9. The Kier molecular flexibility index (Phi) is 7.50. The van der Waals surface area contributed by atoms with Crippen molar-refractivity contribution >= 4 is 65.6 Å². The Bertz CT molecular complexity index is 3870. The van der Waals surface area contributed by atoms with E-state index in [9.17, 15) is 0 Å². The zero-order valence-corrected chi connectivity index (χ0v) is 33.4. The molecule has 9 aromatic carbocycles. The summed E-state index contributed by atoms with van der Waals surface area (Å²) in [6.45, 7) is 0. The van der Waals surface area contributed by atoms with Crippen LogP contribution in [0.25, 0.3) is 117 Å². The van der Waals surface area contributed by atoms with E-state index in [4.69, 9.17) is 14.6 Å². The molecule has 4 heterocycles. The summed E-state index contributed by atoms with van der Waals surface area (Å²) in [5, 5.41) is 16.5. The van der Waals surface area contributed by atoms with Crippen LogP contribution in [0.4, 0.5) is 0 Å². The minimum Gasteiger partial charge on any atom is -0.456 e. The average Bonchev–Trinajstić information content (AvgIpc) is 4.11. The molecule has 0 aliphatic rings. The third-order valence-electron chi connectivity index (χ3n) is 12.4. The monoisotopic (exact) mass is 793 g/mol. The van der Waals surface area contributed by atoms with Gasteiger partial charge in [-0.05, 0) is 96.1 Å². The molecule has 0 fully saturated rings. The first-order valence-corrected chi connectivity index (χ1v) is 20.9. The van der Waals surface area contributed by atoms with E-state index < -0.39 is 0 Å². The van der Waals surface area contributed by atoms with Gasteiger partial charge >= 0.3 is 0 Å². The number of hydrogen-bond donors (Lipinski definition) is 0. The number of aromatic nitrogens is 5. The van der Waals surface area contributed by atoms with Crippen LogP contribution in [0.5, 0.6) is 0 Å². The molecule has 0 aliphatic carbocycles. The van der Waals surface area contributed by atoms with Crippen LogP contribution in [0.2, 0.25) is 0 Å². The van der Waals surface area contributed by atoms with Gasteiger partial charge in [0.25, 0.3) is 0 Å². The fourth-order valence-corrected chi connectivity index (χ4v) is 9.57. The lowest BCUT2D eigenvalue weighted by Gasteiger charge is -2.13. The van der Waals surface area contributed by atoms with Gasteiger partial charge in [0.15, 0.2) is 11.6 Å². The van der Waals surface area contributed by atoms with Gasteiger partial charge < -0.3 is 13.6 Å². The standard InChI is InChI=1S/C56H35N5O/c1-3-15-36(16-4-1)55-57-58-56(61(55)40-19-5-2-6-20-40)39-29-30-51-46(33-39)43-23-7-10-26-49(43)59(51)41-21-13-17-37(31-41)38-18-14-22-42(32-38)60-50-27-11-8-24-44(50)47-35-54-48(34-52(47)60)45-25-9-12-28-53(45)62-54/h1-35H. The molecule has 0 saturated heterocycles. The van der Waals surface area contributed by atoms with Crippen LogP contribution in [0, 0.1) is 0 Å². The maximum absolute atomic E-state index is 6.34. The van der Waals surface area contributed by atoms with Crippen LogP contribution in [0.15, 0.2) is 217 Å². The van der Waals surface area contributed by atoms with Crippen molar-refractivity contribution in [2.75, 3.05) is 0 Å². The first-order valence-electron chi connectivity index (χ1n) is 20.9. The van der Waals surface area contributed by atoms with Crippen molar-refractivity contribution in [2.24, 2.45) is 0 Å². The largest absolute Gasteiger partial charge is 0.456 e. The zero-order valence-electron chi connectivity index (χ0n) is 33.4. The number of benzene rings is 9. The molecular weight excluding hydrogens is 759 g/mol. The minimum absolute atomic E-state index is 0.793. The van der Waals surface area contributed by atoms with Gasteiger partial charge in [0.1, 0.15) is 11.2 Å². The van der Waals surface area contributed by atoms with Crippen LogP contribution in [0.3, 0.4) is 0 Å². The fraction of sp³-hybridized carbons (Fsp3) is 0. The van der Waals surface area contributed by atoms with Crippen molar-refractivity contribution in [3.05, 3.63) is 212 Å². The molecule has 6 heteroatoms. The molecular formula is C56H35N5O. The summed E-state index contributed by atoms with van der Waals surface area (Å²) >= 11 is 0. The van der Waals surface area contributed by atoms with Crippen LogP contribution >= 0.6 is 0 Å². The van der Waals surface area contributed by atoms with Gasteiger partial charge in [-0.15, -0.1) is 10.2 Å². The lowest BCUT2D eigenvalue weighted by molar-refractivity contribution is 0.669. The topological polar surface area (TPSA) is 53.7 Å². The number of nitrogens with zero attached hydrogens (tertiary/aromatic N) is 5. The summed E-state index contributed by atoms with van der Waals surface area (Å²) in [4.78, 5) is 0. The summed E-state index contributed by atoms with van der Waals surface area (Å²) in [5.41, 5.74) is 13.9. The Labute approximate surface area is 355 Å². The van der Waals surface area contributed by atoms with Crippen molar-refractivity contribution in [3.63, 3.8) is 0 Å². The molecule has 0 aliphatic heterocycles. The van der Waals surface area contributed by atoms with Crippen molar-refractivity contribution in [1.82, 2.24) is 23.9 Å². The first kappa shape index (κ1) is 34.4. The van der Waals surface area contributed by atoms with Gasteiger partial charge in [-0.3, -0.25) is 4.57 Å². The van der Waals surface area contributed by atoms with Gasteiger partial charge in [-0.2, -0.15) is 0 Å². The SMILES string of the molecule is c1ccc(-c2nnc(-c3ccc4c(c3)c3ccccc3n4-c3cccc(-c4cccc(-n5c6ccccc6c6cc7oc8ccccc8c7cc65)c4)c3)n2-c2ccccc2)cc1. The summed E-state index contributed by atoms with van der Waals surface area (Å²) < 4.78 is 13.3. The van der Waals surface area contributed by atoms with Gasteiger partial charge in [0.2, 0.25) is 0 Å². The maximum Gasteiger partial charge on any atom is 0.168 e. The van der Waals surface area contributed by atoms with E-state index in [2.05, 4.69) is 190 Å². The second-order valence-electron chi connectivity index (χ2n) is 15.9. The third kappa shape index (κ3) is 5.23. The Balaban J connectivity index is 0.943. The Morgan fingerprint density at radius 2 is 0.790 bits per heavy atom. The Morgan fingerprint density at radius 1 is 0.274 bits per heavy atom. The van der Waals surface area contributed by atoms with Crippen LogP contribution in [-0.2, 0) is 0 Å². The smallest absolute Gasteiger partial charge is 0.168 e. The van der Waals surface area contributed by atoms with E-state index in [0.717, 1.165) is 100 Å². The van der Waals surface area contributed by atoms with Crippen molar-refractivity contribution in [3.8, 4) is 51.0 Å². The molecule has 0 spiro atoms. The Morgan fingerprint density at radius 3 is 1.48 bits per heavy atom. The van der Waals surface area contributed by atoms with Crippen LogP contribution in [-0.4, -0.2) is 23.9 Å². The summed E-state index contributed by atoms with van der Waals surface area (Å²) in [5.74, 6) is 1.60. The molecule has 62 heavy (non-hydrogen) atoms. The molecule has 290 valence electrons. The summed E-state index contributed by atoms with van der Waals surface area (Å²) in [6, 6.07) is 75.2. The van der Waals surface area contributed by atoms with Gasteiger partial charge in [0.05, 0.1) is 22.1 Å². The molecule has 0 radical (unpaired) electrons. The van der Waals surface area contributed by atoms with E-state index in [-0.39, 0.29) is 0 Å². The predicted molar refractivity (Wildman–Crippen MR) is 254 cm³/mol. The lowest BCUT2D eigenvalue weighted by atomic mass is 10.0. The molecule has 4 aromatic heterocycles. The normalized spacial score (nSPS) is 11.9. The molecule has 0 atom stereocenters. The quantitative estimate of drug-likeness (QED) is 0.168. The number of para-hydroxylation sites is 4. The summed E-state index contributed by atoms with van der Waals surface area (Å²) in [7, 11) is 0. The van der Waals surface area contributed by atoms with Crippen molar-refractivity contribution < 1.29 is 4.42 Å². The zero-order chi connectivity index (χ0) is 40.7. The van der Waals surface area contributed by atoms with E-state index in [1.54, 1.807) is 0 Å². The number of furan rings is 1. The molecule has 0 saturated carbocycles. The molecule has 0 N–H and O–H groups in total. The van der Waals surface area contributed by atoms with Crippen molar-refractivity contribution in [1.29, 1.82) is 0 Å². The highest BCUT2D eigenvalue weighted by Gasteiger charge is 2.21. The first-order chi connectivity index (χ1) is 30.7. The highest BCUT2D eigenvalue weighted by Crippen LogP contribution is 2.40. The fourth-order valence-electron chi connectivity index (χ4n) is 9.57. The molecule has 6 nitrogen and oxygen atoms in total. The molecule has 0 unspecified atom stereocenters. The minimum atomic E-state index is 0.793. The van der Waals surface area contributed by atoms with E-state index in [0.29, 0.717) is 0 Å². The molecule has 13 rings (SSSR count). The Hall–Kier alpha value is -8.48. The molecule has 13 aromatic rings. The predicted octanol–water partition coefficient (Wildman–Crippen LogP) is 14.4. The number of hydrogen-bond acceptors (Lipinski definition) is 3. The summed E-state index contributed by atoms with van der Waals surface area (Å²) in [6.07, 6.45) is 0. The second kappa shape index (κ2) is 13.5. The highest BCUT2D eigenvalue weighted by atomic mass is 16.3. The van der Waals surface area contributed by atoms with E-state index in [1.807, 2.05) is 36.4 Å². The van der Waals surface area contributed by atoms with Gasteiger partial charge in [-0.1, -0.05) is 127 Å². The number of rotatable bonds is 6. The lowest BCUT2D eigenvalue weighted by Crippen LogP contribution is -2.00. The molecule has 0 bridgehead atoms. The average molecular weight is 794 g/mol. The third-order valence-corrected chi connectivity index (χ3v) is 12.4. The van der Waals surface area contributed by atoms with E-state index in [1.165, 1.54) is 16.2 Å². The van der Waals surface area contributed by atoms with Crippen molar-refractivity contribution in [2.45, 2.75) is 0 Å². The molecule has 0 amide bonds. The van der Waals surface area contributed by atoms with Crippen LogP contribution < -0.4 is 0 Å². The van der Waals surface area contributed by atoms with Gasteiger partial charge in [-0.25, -0.2) is 0 Å². The maximum atomic E-state index is 6.34. The second-order valence-corrected chi connectivity index (χ2v) is 15.9.